The van der Waals surface area contributed by atoms with Crippen LogP contribution in [0.4, 0.5) is 0 Å². The fraction of sp³-hybridized carbons (Fsp3) is 0.818. The maximum atomic E-state index is 5.54. The number of hydrogen-bond acceptors (Lipinski definition) is 2. The number of nitrogens with one attached hydrogen (secondary N) is 1. The second kappa shape index (κ2) is 5.74. The van der Waals surface area contributed by atoms with Gasteiger partial charge in [-0.2, -0.15) is 0 Å². The minimum absolute atomic E-state index is 0.332. The van der Waals surface area contributed by atoms with E-state index >= 15 is 0 Å². The van der Waals surface area contributed by atoms with Crippen LogP contribution in [-0.2, 0) is 0 Å². The summed E-state index contributed by atoms with van der Waals surface area (Å²) in [4.78, 5) is 2.46. The summed E-state index contributed by atoms with van der Waals surface area (Å²) < 4.78 is 0. The Morgan fingerprint density at radius 2 is 2.14 bits per heavy atom. The first-order valence-corrected chi connectivity index (χ1v) is 5.92. The second-order valence-electron chi connectivity index (χ2n) is 4.01. The van der Waals surface area contributed by atoms with E-state index in [0.717, 1.165) is 26.2 Å². The third kappa shape index (κ3) is 2.97. The van der Waals surface area contributed by atoms with Crippen LogP contribution in [0.5, 0.6) is 0 Å². The van der Waals surface area contributed by atoms with Gasteiger partial charge in [0.25, 0.3) is 0 Å². The average molecular weight is 217 g/mol. The lowest BCUT2D eigenvalue weighted by atomic mass is 9.90. The maximum absolute atomic E-state index is 5.54. The molecule has 0 amide bonds. The molecule has 1 heterocycles. The second-order valence-corrected chi connectivity index (χ2v) is 4.26. The molecule has 3 heteroatoms. The Labute approximate surface area is 92.3 Å². The van der Waals surface area contributed by atoms with Crippen LogP contribution < -0.4 is 5.32 Å². The van der Waals surface area contributed by atoms with Crippen LogP contribution in [0.1, 0.15) is 26.7 Å². The average Bonchev–Trinajstić information content (AvgIpc) is 2.26. The van der Waals surface area contributed by atoms with E-state index in [0.29, 0.717) is 5.54 Å². The lowest BCUT2D eigenvalue weighted by Gasteiger charge is -2.42. The molecule has 1 fully saturated rings. The highest BCUT2D eigenvalue weighted by atomic mass is 35.5. The lowest BCUT2D eigenvalue weighted by molar-refractivity contribution is 0.135. The topological polar surface area (TPSA) is 15.3 Å². The molecule has 0 bridgehead atoms. The maximum Gasteiger partial charge on any atom is 0.0304 e. The van der Waals surface area contributed by atoms with Gasteiger partial charge in [0, 0.05) is 37.3 Å². The van der Waals surface area contributed by atoms with Crippen LogP contribution >= 0.6 is 11.6 Å². The quantitative estimate of drug-likeness (QED) is 0.775. The van der Waals surface area contributed by atoms with Gasteiger partial charge in [0.2, 0.25) is 0 Å². The van der Waals surface area contributed by atoms with Crippen LogP contribution in [0.3, 0.4) is 0 Å². The minimum atomic E-state index is 0.332. The van der Waals surface area contributed by atoms with E-state index in [9.17, 15) is 0 Å². The van der Waals surface area contributed by atoms with E-state index in [1.807, 2.05) is 6.08 Å². The molecule has 2 nitrogen and oxygen atoms in total. The van der Waals surface area contributed by atoms with E-state index in [1.165, 1.54) is 12.8 Å². The fourth-order valence-corrected chi connectivity index (χ4v) is 2.19. The van der Waals surface area contributed by atoms with Gasteiger partial charge in [-0.1, -0.05) is 31.5 Å². The fourth-order valence-electron chi connectivity index (χ4n) is 2.11. The summed E-state index contributed by atoms with van der Waals surface area (Å²) in [5.41, 5.74) is 1.94. The Morgan fingerprint density at radius 1 is 1.43 bits per heavy atom. The molecule has 0 spiro atoms. The largest absolute Gasteiger partial charge is 0.309 e. The summed E-state index contributed by atoms with van der Waals surface area (Å²) in [5, 5.41) is 3.64. The molecule has 0 aliphatic carbocycles. The number of piperazine rings is 1. The summed E-state index contributed by atoms with van der Waals surface area (Å²) >= 11 is 5.54. The van der Waals surface area contributed by atoms with E-state index in [1.54, 1.807) is 5.54 Å². The summed E-state index contributed by atoms with van der Waals surface area (Å²) in [6.07, 6.45) is 4.41. The molecule has 1 N–H and O–H groups in total. The predicted molar refractivity (Wildman–Crippen MR) is 62.7 cm³/mol. The summed E-state index contributed by atoms with van der Waals surface area (Å²) in [6.45, 7) is 8.86. The van der Waals surface area contributed by atoms with Crippen molar-refractivity contribution in [2.45, 2.75) is 32.2 Å². The van der Waals surface area contributed by atoms with Crippen molar-refractivity contribution < 1.29 is 0 Å². The number of hydrogen-bond donors (Lipinski definition) is 1. The number of rotatable bonds is 4. The molecule has 0 radical (unpaired) electrons. The molecular weight excluding hydrogens is 196 g/mol. The van der Waals surface area contributed by atoms with Gasteiger partial charge < -0.3 is 5.32 Å². The molecule has 0 aromatic rings. The van der Waals surface area contributed by atoms with Gasteiger partial charge in [0.15, 0.2) is 0 Å². The van der Waals surface area contributed by atoms with Crippen molar-refractivity contribution in [1.29, 1.82) is 0 Å². The van der Waals surface area contributed by atoms with Crippen molar-refractivity contribution in [2.75, 3.05) is 26.2 Å². The van der Waals surface area contributed by atoms with Crippen molar-refractivity contribution in [1.82, 2.24) is 10.2 Å². The van der Waals surface area contributed by atoms with E-state index < -0.39 is 0 Å². The highest BCUT2D eigenvalue weighted by molar-refractivity contribution is 6.25. The van der Waals surface area contributed by atoms with Gasteiger partial charge in [-0.05, 0) is 12.8 Å². The molecule has 1 saturated heterocycles. The molecule has 14 heavy (non-hydrogen) atoms. The van der Waals surface area contributed by atoms with Gasteiger partial charge in [-0.3, -0.25) is 4.90 Å². The first kappa shape index (κ1) is 12.0. The first-order valence-electron chi connectivity index (χ1n) is 5.49. The zero-order chi connectivity index (χ0) is 10.4. The Hall–Kier alpha value is -0.0500. The van der Waals surface area contributed by atoms with Gasteiger partial charge in [0.1, 0.15) is 0 Å². The van der Waals surface area contributed by atoms with Crippen LogP contribution in [0.25, 0.3) is 0 Å². The normalized spacial score (nSPS) is 23.1. The molecule has 0 aromatic heterocycles. The van der Waals surface area contributed by atoms with Crippen molar-refractivity contribution in [3.63, 3.8) is 0 Å². The number of nitrogens with zero attached hydrogens (tertiary/aromatic N) is 1. The highest BCUT2D eigenvalue weighted by Crippen LogP contribution is 2.19. The van der Waals surface area contributed by atoms with Crippen molar-refractivity contribution in [3.8, 4) is 0 Å². The van der Waals surface area contributed by atoms with Gasteiger partial charge in [0.05, 0.1) is 0 Å². The molecule has 1 aliphatic rings. The van der Waals surface area contributed by atoms with E-state index in [4.69, 9.17) is 11.6 Å². The SMILES string of the molecule is CCC1(CC)CN(C/C=C/Cl)CCN1. The Morgan fingerprint density at radius 3 is 2.71 bits per heavy atom. The minimum Gasteiger partial charge on any atom is -0.309 e. The standard InChI is InChI=1S/C11H21ClN2/c1-3-11(4-2)10-14(8-5-6-12)9-7-13-11/h5-6,13H,3-4,7-10H2,1-2H3/b6-5+. The van der Waals surface area contributed by atoms with Gasteiger partial charge >= 0.3 is 0 Å². The van der Waals surface area contributed by atoms with Crippen molar-refractivity contribution in [3.05, 3.63) is 11.6 Å². The molecular formula is C11H21ClN2. The zero-order valence-electron chi connectivity index (χ0n) is 9.22. The van der Waals surface area contributed by atoms with Gasteiger partial charge in [-0.25, -0.2) is 0 Å². The van der Waals surface area contributed by atoms with Gasteiger partial charge in [-0.15, -0.1) is 0 Å². The molecule has 0 unspecified atom stereocenters. The smallest absolute Gasteiger partial charge is 0.0304 e. The third-order valence-corrected chi connectivity index (χ3v) is 3.44. The van der Waals surface area contributed by atoms with Crippen LogP contribution in [0, 0.1) is 0 Å². The Bertz CT molecular complexity index is 188. The van der Waals surface area contributed by atoms with Crippen LogP contribution in [0.15, 0.2) is 11.6 Å². The summed E-state index contributed by atoms with van der Waals surface area (Å²) in [5.74, 6) is 0. The molecule has 0 aromatic carbocycles. The van der Waals surface area contributed by atoms with Crippen LogP contribution in [-0.4, -0.2) is 36.6 Å². The first-order chi connectivity index (χ1) is 6.76. The molecule has 82 valence electrons. The Kier molecular flexibility index (Phi) is 4.93. The lowest BCUT2D eigenvalue weighted by Crippen LogP contribution is -2.59. The molecule has 1 aliphatic heterocycles. The highest BCUT2D eigenvalue weighted by Gasteiger charge is 2.30. The molecule has 0 atom stereocenters. The van der Waals surface area contributed by atoms with Crippen LogP contribution in [0.2, 0.25) is 0 Å². The monoisotopic (exact) mass is 216 g/mol. The number of halogens is 1. The predicted octanol–water partition coefficient (Wildman–Crippen LogP) is 2.20. The van der Waals surface area contributed by atoms with E-state index in [-0.39, 0.29) is 0 Å². The summed E-state index contributed by atoms with van der Waals surface area (Å²) in [6, 6.07) is 0. The molecule has 1 rings (SSSR count). The zero-order valence-corrected chi connectivity index (χ0v) is 9.98. The Balaban J connectivity index is 2.49. The molecule has 0 saturated carbocycles. The van der Waals surface area contributed by atoms with Crippen molar-refractivity contribution in [2.24, 2.45) is 0 Å². The third-order valence-electron chi connectivity index (χ3n) is 3.26. The van der Waals surface area contributed by atoms with E-state index in [2.05, 4.69) is 24.1 Å². The van der Waals surface area contributed by atoms with Crippen molar-refractivity contribution >= 4 is 11.6 Å². The summed E-state index contributed by atoms with van der Waals surface area (Å²) in [7, 11) is 0.